The number of halogens is 3. The summed E-state index contributed by atoms with van der Waals surface area (Å²) in [5, 5.41) is 0. The summed E-state index contributed by atoms with van der Waals surface area (Å²) in [6.45, 7) is 2.27. The van der Waals surface area contributed by atoms with Crippen molar-refractivity contribution in [1.29, 1.82) is 0 Å². The van der Waals surface area contributed by atoms with Crippen LogP contribution >= 0.6 is 0 Å². The lowest BCUT2D eigenvalue weighted by Crippen LogP contribution is -2.28. The molecule has 1 fully saturated rings. The van der Waals surface area contributed by atoms with Crippen LogP contribution in [0.5, 0.6) is 0 Å². The normalized spacial score (nSPS) is 22.3. The molecule has 0 amide bonds. The van der Waals surface area contributed by atoms with Gasteiger partial charge in [0.2, 0.25) is 0 Å². The van der Waals surface area contributed by atoms with E-state index in [-0.39, 0.29) is 5.56 Å². The van der Waals surface area contributed by atoms with Gasteiger partial charge in [0, 0.05) is 11.1 Å². The molecule has 0 spiro atoms. The Balaban J connectivity index is 1.43. The molecule has 3 heteroatoms. The van der Waals surface area contributed by atoms with Crippen molar-refractivity contribution in [2.75, 3.05) is 0 Å². The fraction of sp³-hybridized carbons (Fsp3) is 0.500. The summed E-state index contributed by atoms with van der Waals surface area (Å²) in [6, 6.07) is 8.24. The van der Waals surface area contributed by atoms with Crippen LogP contribution in [-0.2, 0) is 6.42 Å². The molecule has 0 saturated heterocycles. The molecule has 0 radical (unpaired) electrons. The largest absolute Gasteiger partial charge is 0.204 e. The number of fused-ring (bicyclic) bond motifs is 3. The molecule has 0 heterocycles. The van der Waals surface area contributed by atoms with Crippen molar-refractivity contribution in [3.8, 4) is 11.8 Å². The minimum atomic E-state index is -1.45. The van der Waals surface area contributed by atoms with E-state index >= 15 is 0 Å². The second kappa shape index (κ2) is 9.94. The first-order chi connectivity index (χ1) is 15.0. The van der Waals surface area contributed by atoms with E-state index in [1.54, 1.807) is 0 Å². The first-order valence-corrected chi connectivity index (χ1v) is 11.8. The molecule has 31 heavy (non-hydrogen) atoms. The van der Waals surface area contributed by atoms with E-state index < -0.39 is 17.5 Å². The van der Waals surface area contributed by atoms with E-state index in [0.29, 0.717) is 5.92 Å². The highest BCUT2D eigenvalue weighted by molar-refractivity contribution is 5.47. The molecule has 0 nitrogen and oxygen atoms in total. The zero-order valence-electron chi connectivity index (χ0n) is 18.3. The Morgan fingerprint density at radius 2 is 1.65 bits per heavy atom. The lowest BCUT2D eigenvalue weighted by Gasteiger charge is -2.40. The van der Waals surface area contributed by atoms with Gasteiger partial charge in [0.05, 0.1) is 0 Å². The monoisotopic (exact) mass is 424 g/mol. The van der Waals surface area contributed by atoms with Crippen molar-refractivity contribution < 1.29 is 13.2 Å². The second-order valence-corrected chi connectivity index (χ2v) is 9.35. The van der Waals surface area contributed by atoms with Crippen LogP contribution in [0.25, 0.3) is 0 Å². The summed E-state index contributed by atoms with van der Waals surface area (Å²) in [6.07, 6.45) is 13.2. The highest BCUT2D eigenvalue weighted by Gasteiger charge is 2.34. The highest BCUT2D eigenvalue weighted by Crippen LogP contribution is 2.48. The Kier molecular flexibility index (Phi) is 7.06. The van der Waals surface area contributed by atoms with Gasteiger partial charge in [-0.1, -0.05) is 56.9 Å². The first-order valence-electron chi connectivity index (χ1n) is 11.8. The Labute approximate surface area is 184 Å². The van der Waals surface area contributed by atoms with Crippen LogP contribution in [0, 0.1) is 41.1 Å². The quantitative estimate of drug-likeness (QED) is 0.260. The number of unbranched alkanes of at least 4 members (excludes halogenated alkanes) is 3. The summed E-state index contributed by atoms with van der Waals surface area (Å²) < 4.78 is 39.9. The smallest absolute Gasteiger partial charge is 0.194 e. The third kappa shape index (κ3) is 5.17. The van der Waals surface area contributed by atoms with Gasteiger partial charge in [-0.15, -0.1) is 0 Å². The van der Waals surface area contributed by atoms with Gasteiger partial charge in [0.15, 0.2) is 17.5 Å². The Hall–Kier alpha value is -2.21. The number of hydrogen-bond donors (Lipinski definition) is 0. The molecular weight excluding hydrogens is 393 g/mol. The van der Waals surface area contributed by atoms with Crippen LogP contribution in [0.2, 0.25) is 0 Å². The molecule has 164 valence electrons. The zero-order valence-corrected chi connectivity index (χ0v) is 18.3. The Bertz CT molecular complexity index is 958. The van der Waals surface area contributed by atoms with Gasteiger partial charge in [-0.25, -0.2) is 13.2 Å². The number of hydrogen-bond acceptors (Lipinski definition) is 0. The predicted octanol–water partition coefficient (Wildman–Crippen LogP) is 7.92. The molecular formula is C28H31F3. The van der Waals surface area contributed by atoms with E-state index in [4.69, 9.17) is 0 Å². The molecule has 2 aromatic carbocycles. The molecule has 0 aliphatic heterocycles. The van der Waals surface area contributed by atoms with Crippen molar-refractivity contribution in [3.63, 3.8) is 0 Å². The highest BCUT2D eigenvalue weighted by atomic mass is 19.2. The van der Waals surface area contributed by atoms with Gasteiger partial charge in [0.25, 0.3) is 0 Å². The van der Waals surface area contributed by atoms with Gasteiger partial charge >= 0.3 is 0 Å². The van der Waals surface area contributed by atoms with Crippen molar-refractivity contribution in [1.82, 2.24) is 0 Å². The Morgan fingerprint density at radius 3 is 2.42 bits per heavy atom. The van der Waals surface area contributed by atoms with Gasteiger partial charge in [-0.3, -0.25) is 0 Å². The zero-order chi connectivity index (χ0) is 21.8. The molecule has 2 aliphatic carbocycles. The standard InChI is InChI=1S/C28H31F3/c1-2-3-4-5-6-19-9-13-24-22(15-19)11-12-23-16-20(10-14-25(23)24)7-8-21-17-26(29)28(31)27(30)18-21/h10,14,16-19,22,24H,2-6,9,11-13,15H2,1H3/t19-,22-,24+/m1/s1. The van der Waals surface area contributed by atoms with Crippen molar-refractivity contribution in [2.45, 2.75) is 77.0 Å². The predicted molar refractivity (Wildman–Crippen MR) is 119 cm³/mol. The molecule has 0 bridgehead atoms. The molecule has 0 unspecified atom stereocenters. The summed E-state index contributed by atoms with van der Waals surface area (Å²) in [5.41, 5.74) is 3.83. The maximum Gasteiger partial charge on any atom is 0.194 e. The summed E-state index contributed by atoms with van der Waals surface area (Å²) in [5.74, 6) is 4.27. The lowest BCUT2D eigenvalue weighted by molar-refractivity contribution is 0.199. The van der Waals surface area contributed by atoms with Crippen molar-refractivity contribution in [2.24, 2.45) is 11.8 Å². The van der Waals surface area contributed by atoms with Gasteiger partial charge < -0.3 is 0 Å². The van der Waals surface area contributed by atoms with Gasteiger partial charge in [-0.2, -0.15) is 0 Å². The second-order valence-electron chi connectivity index (χ2n) is 9.35. The fourth-order valence-corrected chi connectivity index (χ4v) is 5.59. The topological polar surface area (TPSA) is 0 Å². The molecule has 4 rings (SSSR count). The molecule has 2 aliphatic rings. The minimum Gasteiger partial charge on any atom is -0.204 e. The van der Waals surface area contributed by atoms with Crippen LogP contribution in [0.4, 0.5) is 13.2 Å². The average molecular weight is 425 g/mol. The minimum absolute atomic E-state index is 0.145. The molecule has 0 aromatic heterocycles. The van der Waals surface area contributed by atoms with E-state index in [1.165, 1.54) is 68.9 Å². The average Bonchev–Trinajstić information content (AvgIpc) is 2.78. The number of aryl methyl sites for hydroxylation is 1. The molecule has 0 N–H and O–H groups in total. The number of rotatable bonds is 5. The maximum absolute atomic E-state index is 13.4. The Morgan fingerprint density at radius 1 is 0.871 bits per heavy atom. The third-order valence-corrected chi connectivity index (χ3v) is 7.22. The summed E-state index contributed by atoms with van der Waals surface area (Å²) >= 11 is 0. The van der Waals surface area contributed by atoms with Crippen molar-refractivity contribution >= 4 is 0 Å². The van der Waals surface area contributed by atoms with Gasteiger partial charge in [-0.05, 0) is 85.3 Å². The first kappa shape index (κ1) is 22.0. The third-order valence-electron chi connectivity index (χ3n) is 7.22. The summed E-state index contributed by atoms with van der Waals surface area (Å²) in [4.78, 5) is 0. The van der Waals surface area contributed by atoms with Crippen LogP contribution in [-0.4, -0.2) is 0 Å². The number of benzene rings is 2. The molecule has 1 saturated carbocycles. The van der Waals surface area contributed by atoms with E-state index in [2.05, 4.69) is 30.9 Å². The van der Waals surface area contributed by atoms with Crippen LogP contribution in [0.15, 0.2) is 30.3 Å². The summed E-state index contributed by atoms with van der Waals surface area (Å²) in [7, 11) is 0. The van der Waals surface area contributed by atoms with E-state index in [1.807, 2.05) is 6.07 Å². The van der Waals surface area contributed by atoms with Crippen LogP contribution < -0.4 is 0 Å². The molecule has 3 atom stereocenters. The van der Waals surface area contributed by atoms with Gasteiger partial charge in [0.1, 0.15) is 0 Å². The van der Waals surface area contributed by atoms with E-state index in [9.17, 15) is 13.2 Å². The SMILES string of the molecule is CCCCCC[C@@H]1CC[C@@H]2c3ccc(C#Cc4cc(F)c(F)c(F)c4)cc3CC[C@@H]2C1. The van der Waals surface area contributed by atoms with E-state index in [0.717, 1.165) is 36.0 Å². The van der Waals surface area contributed by atoms with Crippen LogP contribution in [0.1, 0.15) is 92.9 Å². The van der Waals surface area contributed by atoms with Crippen molar-refractivity contribution in [3.05, 3.63) is 70.0 Å². The van der Waals surface area contributed by atoms with Crippen LogP contribution in [0.3, 0.4) is 0 Å². The maximum atomic E-state index is 13.4. The fourth-order valence-electron chi connectivity index (χ4n) is 5.59. The molecule has 2 aromatic rings. The lowest BCUT2D eigenvalue weighted by atomic mass is 9.64.